The van der Waals surface area contributed by atoms with Crippen LogP contribution >= 0.6 is 11.6 Å². The number of allylic oxidation sites excluding steroid dienone is 5. The smallest absolute Gasteiger partial charge is 0.200 e. The number of unbranched alkanes of at least 4 members (excludes halogenated alkanes) is 1. The number of carbonyl (C=O) groups is 1. The van der Waals surface area contributed by atoms with Crippen molar-refractivity contribution in [2.45, 2.75) is 134 Å². The van der Waals surface area contributed by atoms with Crippen molar-refractivity contribution in [2.75, 3.05) is 0 Å². The zero-order valence-electron chi connectivity index (χ0n) is 33.0. The van der Waals surface area contributed by atoms with Gasteiger partial charge in [0, 0.05) is 29.0 Å². The molecule has 0 spiro atoms. The van der Waals surface area contributed by atoms with Crippen LogP contribution in [0.4, 0.5) is 4.39 Å². The summed E-state index contributed by atoms with van der Waals surface area (Å²) in [5.41, 5.74) is 4.57. The van der Waals surface area contributed by atoms with E-state index in [0.717, 1.165) is 17.6 Å². The number of hydrogen-bond acceptors (Lipinski definition) is 4. The van der Waals surface area contributed by atoms with Crippen LogP contribution in [0.25, 0.3) is 22.4 Å². The van der Waals surface area contributed by atoms with E-state index in [9.17, 15) is 14.3 Å². The minimum Gasteiger partial charge on any atom is -0.512 e. The van der Waals surface area contributed by atoms with E-state index in [2.05, 4.69) is 80.8 Å². The summed E-state index contributed by atoms with van der Waals surface area (Å²) in [4.78, 5) is 16.9. The Kier molecular flexibility index (Phi) is 20.4. The number of benzene rings is 1. The van der Waals surface area contributed by atoms with Crippen LogP contribution in [0, 0.1) is 23.1 Å². The van der Waals surface area contributed by atoms with Crippen molar-refractivity contribution in [1.29, 1.82) is 0 Å². The zero-order chi connectivity index (χ0) is 38.1. The fourth-order valence-electron chi connectivity index (χ4n) is 4.42. The molecule has 1 aromatic carbocycles. The number of hydrogen-bond donors (Lipinski definition) is 1. The van der Waals surface area contributed by atoms with Gasteiger partial charge in [0.2, 0.25) is 5.78 Å². The molecule has 3 aromatic rings. The molecule has 2 aromatic heterocycles. The second-order valence-corrected chi connectivity index (χ2v) is 15.5. The molecule has 49 heavy (non-hydrogen) atoms. The number of rotatable bonds is 9. The number of aromatic nitrogens is 1. The molecule has 1 atom stereocenters. The van der Waals surface area contributed by atoms with Crippen LogP contribution in [-0.4, -0.2) is 15.9 Å². The molecule has 0 aliphatic carbocycles. The van der Waals surface area contributed by atoms with E-state index in [4.69, 9.17) is 16.0 Å². The molecule has 1 unspecified atom stereocenters. The summed E-state index contributed by atoms with van der Waals surface area (Å²) in [6, 6.07) is 8.16. The monoisotopic (exact) mass is 697 g/mol. The summed E-state index contributed by atoms with van der Waals surface area (Å²) in [7, 11) is 0. The van der Waals surface area contributed by atoms with Crippen LogP contribution in [0.2, 0.25) is 5.02 Å². The Labute approximate surface area is 303 Å². The van der Waals surface area contributed by atoms with E-state index in [1.807, 2.05) is 45.9 Å². The molecular weight excluding hydrogens is 633 g/mol. The second-order valence-electron chi connectivity index (χ2n) is 15.1. The number of fused-ring (bicyclic) bond motifs is 1. The minimum absolute atomic E-state index is 0.0676. The predicted octanol–water partition coefficient (Wildman–Crippen LogP) is 14.7. The Morgan fingerprint density at radius 2 is 1.59 bits per heavy atom. The average Bonchev–Trinajstić information content (AvgIpc) is 3.47. The standard InChI is InChI=1S/C21H21ClFNO2.C11H18O.C7H16.C4H10/c1-11(2)19(25)18-10-17-20(26-18)13(21(3,4)5)9-16(24-17)12-6-7-14(22)15(23)8-12;1-5-7-8-10(4)11(12)9(3)6-2;1-5-6-7(2,3)4;1-3-4-2/h6-11H,1-5H3;5,7-9,12H,1,6H2,2-4H3;5-6H2,1-4H3;3-4H2,1-2H3/b;8-7-,11-10+;;. The van der Waals surface area contributed by atoms with Gasteiger partial charge in [-0.25, -0.2) is 9.37 Å². The van der Waals surface area contributed by atoms with Crippen LogP contribution in [0.3, 0.4) is 0 Å². The topological polar surface area (TPSA) is 63.3 Å². The molecule has 0 aliphatic heterocycles. The molecule has 6 heteroatoms. The van der Waals surface area contributed by atoms with Gasteiger partial charge >= 0.3 is 0 Å². The Hall–Kier alpha value is -3.18. The van der Waals surface area contributed by atoms with E-state index < -0.39 is 5.82 Å². The third-order valence-electron chi connectivity index (χ3n) is 7.74. The van der Waals surface area contributed by atoms with E-state index in [1.54, 1.807) is 18.2 Å². The Morgan fingerprint density at radius 1 is 1.00 bits per heavy atom. The summed E-state index contributed by atoms with van der Waals surface area (Å²) in [5.74, 6) is 0.300. The van der Waals surface area contributed by atoms with Crippen molar-refractivity contribution in [2.24, 2.45) is 17.3 Å². The number of carbonyl (C=O) groups excluding carboxylic acids is 1. The highest BCUT2D eigenvalue weighted by Gasteiger charge is 2.25. The van der Waals surface area contributed by atoms with Crippen LogP contribution in [-0.2, 0) is 5.41 Å². The van der Waals surface area contributed by atoms with Gasteiger partial charge in [-0.3, -0.25) is 4.79 Å². The van der Waals surface area contributed by atoms with Gasteiger partial charge in [-0.1, -0.05) is 152 Å². The fourth-order valence-corrected chi connectivity index (χ4v) is 4.54. The second kappa shape index (κ2) is 21.8. The van der Waals surface area contributed by atoms with E-state index >= 15 is 0 Å². The van der Waals surface area contributed by atoms with Gasteiger partial charge in [0.05, 0.1) is 16.5 Å². The van der Waals surface area contributed by atoms with Gasteiger partial charge in [0.1, 0.15) is 11.3 Å². The maximum absolute atomic E-state index is 13.9. The third-order valence-corrected chi connectivity index (χ3v) is 8.04. The van der Waals surface area contributed by atoms with Crippen molar-refractivity contribution < 1.29 is 18.7 Å². The summed E-state index contributed by atoms with van der Waals surface area (Å²) in [6.07, 6.45) is 11.7. The predicted molar refractivity (Wildman–Crippen MR) is 211 cm³/mol. The van der Waals surface area contributed by atoms with Crippen LogP contribution in [0.1, 0.15) is 145 Å². The molecule has 0 saturated heterocycles. The molecule has 0 amide bonds. The summed E-state index contributed by atoms with van der Waals surface area (Å²) in [6.45, 7) is 32.8. The van der Waals surface area contributed by atoms with Gasteiger partial charge in [-0.15, -0.1) is 0 Å². The molecule has 0 fully saturated rings. The van der Waals surface area contributed by atoms with Gasteiger partial charge in [-0.05, 0) is 54.4 Å². The minimum atomic E-state index is -0.494. The largest absolute Gasteiger partial charge is 0.512 e. The highest BCUT2D eigenvalue weighted by Crippen LogP contribution is 2.35. The van der Waals surface area contributed by atoms with Gasteiger partial charge < -0.3 is 9.52 Å². The molecular formula is C43H65ClFNO3. The number of aliphatic hydroxyl groups is 1. The quantitative estimate of drug-likeness (QED) is 0.137. The van der Waals surface area contributed by atoms with Crippen LogP contribution < -0.4 is 0 Å². The Balaban J connectivity index is 0.000000828. The third kappa shape index (κ3) is 16.4. The SMILES string of the molecule is C=C/C=C\C(C)=C(\O)C(C)CC.CC(C)C(=O)c1cc2nc(-c3ccc(Cl)c(F)c3)cc(C(C)(C)C)c2o1.CCCC.CCCC(C)(C)C. The molecule has 0 radical (unpaired) electrons. The molecule has 2 heterocycles. The first-order valence-corrected chi connectivity index (χ1v) is 18.2. The van der Waals surface area contributed by atoms with Crippen molar-refractivity contribution >= 4 is 28.5 Å². The molecule has 1 N–H and O–H groups in total. The van der Waals surface area contributed by atoms with E-state index in [-0.39, 0.29) is 28.1 Å². The lowest BCUT2D eigenvalue weighted by molar-refractivity contribution is 0.0913. The molecule has 3 rings (SSSR count). The van der Waals surface area contributed by atoms with Gasteiger partial charge in [-0.2, -0.15) is 0 Å². The van der Waals surface area contributed by atoms with Crippen molar-refractivity contribution in [3.05, 3.63) is 88.6 Å². The van der Waals surface area contributed by atoms with Crippen molar-refractivity contribution in [1.82, 2.24) is 4.98 Å². The normalized spacial score (nSPS) is 12.7. The number of aliphatic hydroxyl groups excluding tert-OH is 1. The Bertz CT molecular complexity index is 1510. The maximum Gasteiger partial charge on any atom is 0.200 e. The lowest BCUT2D eigenvalue weighted by Gasteiger charge is -2.20. The highest BCUT2D eigenvalue weighted by atomic mass is 35.5. The highest BCUT2D eigenvalue weighted by molar-refractivity contribution is 6.30. The van der Waals surface area contributed by atoms with Gasteiger partial charge in [0.25, 0.3) is 0 Å². The van der Waals surface area contributed by atoms with Crippen LogP contribution in [0.5, 0.6) is 0 Å². The average molecular weight is 698 g/mol. The molecule has 0 aliphatic rings. The van der Waals surface area contributed by atoms with Gasteiger partial charge in [0.15, 0.2) is 11.3 Å². The number of halogens is 2. The number of pyridine rings is 1. The lowest BCUT2D eigenvalue weighted by atomic mass is 9.86. The number of ketones is 1. The van der Waals surface area contributed by atoms with E-state index in [0.29, 0.717) is 39.3 Å². The lowest BCUT2D eigenvalue weighted by Crippen LogP contribution is -2.12. The molecule has 0 saturated carbocycles. The first-order valence-electron chi connectivity index (χ1n) is 17.8. The molecule has 4 nitrogen and oxygen atoms in total. The summed E-state index contributed by atoms with van der Waals surface area (Å²) >= 11 is 5.79. The molecule has 0 bridgehead atoms. The summed E-state index contributed by atoms with van der Waals surface area (Å²) in [5, 5.41) is 9.68. The zero-order valence-corrected chi connectivity index (χ0v) is 33.7. The number of furan rings is 1. The summed E-state index contributed by atoms with van der Waals surface area (Å²) < 4.78 is 19.8. The van der Waals surface area contributed by atoms with Crippen molar-refractivity contribution in [3.8, 4) is 11.3 Å². The number of nitrogens with zero attached hydrogens (tertiary/aromatic N) is 1. The van der Waals surface area contributed by atoms with Crippen molar-refractivity contribution in [3.63, 3.8) is 0 Å². The van der Waals surface area contributed by atoms with E-state index in [1.165, 1.54) is 37.8 Å². The number of Topliss-reactive ketones (excluding diaryl/α,β-unsaturated/α-hetero) is 1. The first kappa shape index (κ1) is 45.8. The Morgan fingerprint density at radius 3 is 2.00 bits per heavy atom. The fraction of sp³-hybridized carbons (Fsp3) is 0.535. The molecule has 274 valence electrons. The van der Waals surface area contributed by atoms with Crippen LogP contribution in [0.15, 0.2) is 70.9 Å². The maximum atomic E-state index is 13.9. The first-order chi connectivity index (χ1) is 22.7.